The van der Waals surface area contributed by atoms with E-state index in [0.717, 1.165) is 25.4 Å². The maximum Gasteiger partial charge on any atom is 0.123 e. The fourth-order valence-electron chi connectivity index (χ4n) is 2.16. The third-order valence-corrected chi connectivity index (χ3v) is 3.28. The van der Waals surface area contributed by atoms with Crippen molar-refractivity contribution >= 4 is 5.69 Å². The van der Waals surface area contributed by atoms with E-state index in [0.29, 0.717) is 12.5 Å². The fraction of sp³-hybridized carbons (Fsp3) is 0.538. The van der Waals surface area contributed by atoms with Crippen LogP contribution in [0.4, 0.5) is 10.1 Å². The number of halogens is 1. The van der Waals surface area contributed by atoms with Crippen molar-refractivity contribution in [3.8, 4) is 0 Å². The van der Waals surface area contributed by atoms with Crippen LogP contribution in [-0.4, -0.2) is 32.3 Å². The Labute approximate surface area is 101 Å². The molecule has 1 aliphatic rings. The molecule has 4 heteroatoms. The standard InChI is InChI=1S/C13H19FN2O/c1-2-16(7-10-8-17-9-13(10)15)12-5-3-11(14)4-6-12/h3-6,10,13H,2,7-9,15H2,1H3. The van der Waals surface area contributed by atoms with Gasteiger partial charge < -0.3 is 15.4 Å². The summed E-state index contributed by atoms with van der Waals surface area (Å²) in [6.07, 6.45) is 0. The molecule has 17 heavy (non-hydrogen) atoms. The number of ether oxygens (including phenoxy) is 1. The molecule has 0 aromatic heterocycles. The second-order valence-corrected chi connectivity index (χ2v) is 4.48. The van der Waals surface area contributed by atoms with E-state index in [4.69, 9.17) is 10.5 Å². The van der Waals surface area contributed by atoms with Crippen molar-refractivity contribution in [3.63, 3.8) is 0 Å². The number of benzene rings is 1. The molecule has 0 saturated carbocycles. The lowest BCUT2D eigenvalue weighted by atomic mass is 10.0. The van der Waals surface area contributed by atoms with Crippen molar-refractivity contribution < 1.29 is 9.13 Å². The van der Waals surface area contributed by atoms with Gasteiger partial charge in [-0.15, -0.1) is 0 Å². The zero-order valence-electron chi connectivity index (χ0n) is 10.1. The van der Waals surface area contributed by atoms with Crippen LogP contribution >= 0.6 is 0 Å². The predicted octanol–water partition coefficient (Wildman–Crippen LogP) is 1.63. The summed E-state index contributed by atoms with van der Waals surface area (Å²) in [4.78, 5) is 2.21. The Balaban J connectivity index is 2.03. The second-order valence-electron chi connectivity index (χ2n) is 4.48. The molecule has 0 bridgehead atoms. The van der Waals surface area contributed by atoms with Gasteiger partial charge >= 0.3 is 0 Å². The number of nitrogens with zero attached hydrogens (tertiary/aromatic N) is 1. The van der Waals surface area contributed by atoms with Gasteiger partial charge in [-0.25, -0.2) is 4.39 Å². The Morgan fingerprint density at radius 2 is 2.06 bits per heavy atom. The molecule has 1 fully saturated rings. The molecule has 3 nitrogen and oxygen atoms in total. The summed E-state index contributed by atoms with van der Waals surface area (Å²) in [5.41, 5.74) is 7.01. The van der Waals surface area contributed by atoms with Crippen LogP contribution in [0.15, 0.2) is 24.3 Å². The molecule has 94 valence electrons. The van der Waals surface area contributed by atoms with Gasteiger partial charge in [0, 0.05) is 30.7 Å². The van der Waals surface area contributed by atoms with Crippen LogP contribution in [0.1, 0.15) is 6.92 Å². The summed E-state index contributed by atoms with van der Waals surface area (Å²) < 4.78 is 18.2. The van der Waals surface area contributed by atoms with Crippen LogP contribution < -0.4 is 10.6 Å². The molecular formula is C13H19FN2O. The topological polar surface area (TPSA) is 38.5 Å². The zero-order chi connectivity index (χ0) is 12.3. The molecule has 1 aromatic carbocycles. The summed E-state index contributed by atoms with van der Waals surface area (Å²) in [5, 5.41) is 0. The average Bonchev–Trinajstić information content (AvgIpc) is 2.73. The molecule has 2 atom stereocenters. The maximum atomic E-state index is 12.9. The van der Waals surface area contributed by atoms with E-state index in [-0.39, 0.29) is 11.9 Å². The summed E-state index contributed by atoms with van der Waals surface area (Å²) >= 11 is 0. The molecule has 0 aliphatic carbocycles. The van der Waals surface area contributed by atoms with Gasteiger partial charge in [0.2, 0.25) is 0 Å². The Kier molecular flexibility index (Phi) is 3.97. The minimum Gasteiger partial charge on any atom is -0.379 e. The summed E-state index contributed by atoms with van der Waals surface area (Å²) in [5.74, 6) is 0.158. The van der Waals surface area contributed by atoms with Gasteiger partial charge in [0.1, 0.15) is 5.82 Å². The van der Waals surface area contributed by atoms with Gasteiger partial charge in [0.15, 0.2) is 0 Å². The fourth-order valence-corrected chi connectivity index (χ4v) is 2.16. The van der Waals surface area contributed by atoms with E-state index < -0.39 is 0 Å². The minimum absolute atomic E-state index is 0.115. The number of hydrogen-bond donors (Lipinski definition) is 1. The lowest BCUT2D eigenvalue weighted by molar-refractivity contribution is 0.185. The highest BCUT2D eigenvalue weighted by Crippen LogP contribution is 2.19. The van der Waals surface area contributed by atoms with E-state index in [1.807, 2.05) is 0 Å². The van der Waals surface area contributed by atoms with Gasteiger partial charge in [0.25, 0.3) is 0 Å². The van der Waals surface area contributed by atoms with E-state index >= 15 is 0 Å². The Morgan fingerprint density at radius 1 is 1.35 bits per heavy atom. The molecule has 0 amide bonds. The third-order valence-electron chi connectivity index (χ3n) is 3.28. The largest absolute Gasteiger partial charge is 0.379 e. The second kappa shape index (κ2) is 5.47. The number of anilines is 1. The Bertz CT molecular complexity index is 355. The van der Waals surface area contributed by atoms with Crippen molar-refractivity contribution in [2.24, 2.45) is 11.7 Å². The van der Waals surface area contributed by atoms with Gasteiger partial charge in [0.05, 0.1) is 13.2 Å². The first-order valence-electron chi connectivity index (χ1n) is 6.04. The van der Waals surface area contributed by atoms with Gasteiger partial charge in [-0.05, 0) is 31.2 Å². The number of hydrogen-bond acceptors (Lipinski definition) is 3. The monoisotopic (exact) mass is 238 g/mol. The Hall–Kier alpha value is -1.13. The van der Waals surface area contributed by atoms with Crippen LogP contribution in [0.2, 0.25) is 0 Å². The molecule has 0 radical (unpaired) electrons. The van der Waals surface area contributed by atoms with E-state index in [1.165, 1.54) is 12.1 Å². The van der Waals surface area contributed by atoms with Crippen LogP contribution in [0.3, 0.4) is 0 Å². The van der Waals surface area contributed by atoms with Gasteiger partial charge in [-0.1, -0.05) is 0 Å². The highest BCUT2D eigenvalue weighted by Gasteiger charge is 2.26. The van der Waals surface area contributed by atoms with Crippen LogP contribution in [-0.2, 0) is 4.74 Å². The maximum absolute atomic E-state index is 12.9. The van der Waals surface area contributed by atoms with Crippen LogP contribution in [0.25, 0.3) is 0 Å². The normalized spacial score (nSPS) is 23.9. The van der Waals surface area contributed by atoms with Gasteiger partial charge in [-0.3, -0.25) is 0 Å². The summed E-state index contributed by atoms with van der Waals surface area (Å²) in [6, 6.07) is 6.71. The van der Waals surface area contributed by atoms with Crippen LogP contribution in [0.5, 0.6) is 0 Å². The lowest BCUT2D eigenvalue weighted by Gasteiger charge is -2.27. The average molecular weight is 238 g/mol. The first kappa shape index (κ1) is 12.3. The molecule has 1 aliphatic heterocycles. The van der Waals surface area contributed by atoms with Crippen molar-refractivity contribution in [3.05, 3.63) is 30.1 Å². The van der Waals surface area contributed by atoms with E-state index in [2.05, 4.69) is 11.8 Å². The van der Waals surface area contributed by atoms with E-state index in [9.17, 15) is 4.39 Å². The van der Waals surface area contributed by atoms with Gasteiger partial charge in [-0.2, -0.15) is 0 Å². The first-order valence-corrected chi connectivity index (χ1v) is 6.04. The van der Waals surface area contributed by atoms with Crippen molar-refractivity contribution in [1.29, 1.82) is 0 Å². The molecule has 1 saturated heterocycles. The smallest absolute Gasteiger partial charge is 0.123 e. The first-order chi connectivity index (χ1) is 8.20. The van der Waals surface area contributed by atoms with Crippen molar-refractivity contribution in [2.45, 2.75) is 13.0 Å². The molecule has 1 heterocycles. The van der Waals surface area contributed by atoms with Crippen molar-refractivity contribution in [1.82, 2.24) is 0 Å². The van der Waals surface area contributed by atoms with Crippen molar-refractivity contribution in [2.75, 3.05) is 31.2 Å². The number of rotatable bonds is 4. The summed E-state index contributed by atoms with van der Waals surface area (Å²) in [7, 11) is 0. The SMILES string of the molecule is CCN(CC1COCC1N)c1ccc(F)cc1. The highest BCUT2D eigenvalue weighted by molar-refractivity contribution is 5.46. The molecular weight excluding hydrogens is 219 g/mol. The molecule has 2 unspecified atom stereocenters. The molecule has 1 aromatic rings. The minimum atomic E-state index is -0.203. The molecule has 0 spiro atoms. The molecule has 2 rings (SSSR count). The lowest BCUT2D eigenvalue weighted by Crippen LogP contribution is -2.38. The quantitative estimate of drug-likeness (QED) is 0.866. The Morgan fingerprint density at radius 3 is 2.59 bits per heavy atom. The highest BCUT2D eigenvalue weighted by atomic mass is 19.1. The number of nitrogens with two attached hydrogens (primary N) is 1. The third kappa shape index (κ3) is 2.96. The van der Waals surface area contributed by atoms with Crippen LogP contribution in [0, 0.1) is 11.7 Å². The predicted molar refractivity (Wildman–Crippen MR) is 66.6 cm³/mol. The van der Waals surface area contributed by atoms with E-state index in [1.54, 1.807) is 12.1 Å². The zero-order valence-corrected chi connectivity index (χ0v) is 10.1. The summed E-state index contributed by atoms with van der Waals surface area (Å²) in [6.45, 7) is 5.20. The molecule has 2 N–H and O–H groups in total.